The minimum Gasteiger partial charge on any atom is -0.508 e. The third-order valence-electron chi connectivity index (χ3n) is 17.8. The number of phenols is 3. The van der Waals surface area contributed by atoms with Crippen molar-refractivity contribution in [2.75, 3.05) is 13.7 Å². The molecule has 7 aliphatic heterocycles. The van der Waals surface area contributed by atoms with E-state index in [-0.39, 0.29) is 63.3 Å². The number of rotatable bonds is 13. The van der Waals surface area contributed by atoms with Crippen LogP contribution < -0.4 is 62.9 Å². The number of phenolic OH excluding ortho intramolecular Hbond substituents is 3. The minimum atomic E-state index is -2.35. The molecule has 7 heterocycles. The zero-order valence-corrected chi connectivity index (χ0v) is 57.1. The van der Waals surface area contributed by atoms with Gasteiger partial charge in [0.25, 0.3) is 0 Å². The summed E-state index contributed by atoms with van der Waals surface area (Å²) in [7, 11) is 1.47. The first-order valence-electron chi connectivity index (χ1n) is 31.6. The molecule has 18 unspecified atom stereocenters. The van der Waals surface area contributed by atoms with Crippen LogP contribution >= 0.6 is 23.2 Å². The topological polar surface area (TPSA) is 530 Å². The summed E-state index contributed by atoms with van der Waals surface area (Å²) in [6.45, 7) is 5.66. The number of halogens is 2. The van der Waals surface area contributed by atoms with Crippen molar-refractivity contribution in [3.8, 4) is 57.1 Å². The van der Waals surface area contributed by atoms with Crippen LogP contribution in [0.4, 0.5) is 0 Å². The number of amides is 7. The first-order valence-corrected chi connectivity index (χ1v) is 32.4. The van der Waals surface area contributed by atoms with Gasteiger partial charge in [-0.05, 0) is 110 Å². The molecule has 2 saturated heterocycles. The Hall–Kier alpha value is -8.68. The molecule has 33 nitrogen and oxygen atoms in total. The number of carbonyl (C=O) groups is 8. The zero-order chi connectivity index (χ0) is 73.5. The Bertz CT molecular complexity index is 4080. The molecule has 5 aromatic rings. The molecule has 102 heavy (non-hydrogen) atoms. The quantitative estimate of drug-likeness (QED) is 0.0695. The van der Waals surface area contributed by atoms with E-state index in [0.29, 0.717) is 0 Å². The maximum Gasteiger partial charge on any atom is 2.00 e. The number of hydrogen-bond donors (Lipinski definition) is 19. The van der Waals surface area contributed by atoms with E-state index < -0.39 is 237 Å². The fourth-order valence-electron chi connectivity index (χ4n) is 12.5. The van der Waals surface area contributed by atoms with Gasteiger partial charge in [0.05, 0.1) is 41.3 Å². The molecule has 7 amide bonds. The van der Waals surface area contributed by atoms with Gasteiger partial charge in [-0.15, -0.1) is 0 Å². The van der Waals surface area contributed by atoms with E-state index in [2.05, 4.69) is 37.2 Å². The smallest absolute Gasteiger partial charge is 0.508 e. The SMILES string of the molecule is CNC(CC(C)C)C(=O)NC1C(=O)NC(CC(N)=O)C(=O)NC2C(=O)NC3C(=O)NC(C(=O)NC(C(=O)O)c4cc(O)cc(O)c4-c4cc3ccc4O)C(O)c3ccc(c(Cl)c3)Oc3cc2cc(c3OC2OC(CO)C(O)C(O)C2OC2CC(C)(N)C(O)C(C)O2)Oc2ccc(cc2Cl)C1O.[Cu+2]. The number of aliphatic hydroxyl groups excluding tert-OH is 6. The Morgan fingerprint density at radius 2 is 1.31 bits per heavy atom. The summed E-state index contributed by atoms with van der Waals surface area (Å²) in [6, 6.07) is -0.679. The fourth-order valence-corrected chi connectivity index (χ4v) is 12.9. The first kappa shape index (κ1) is 77.5. The molecule has 0 aliphatic carbocycles. The van der Waals surface area contributed by atoms with Gasteiger partial charge >= 0.3 is 23.0 Å². The molecular formula is C66H75Cl2CuN9O24+2. The zero-order valence-electron chi connectivity index (χ0n) is 54.6. The van der Waals surface area contributed by atoms with Crippen LogP contribution in [0.2, 0.25) is 10.0 Å². The van der Waals surface area contributed by atoms with Crippen LogP contribution in [0.1, 0.15) is 105 Å². The number of ether oxygens (including phenoxy) is 6. The van der Waals surface area contributed by atoms with Gasteiger partial charge < -0.3 is 128 Å². The first-order chi connectivity index (χ1) is 47.7. The molecule has 12 rings (SSSR count). The molecule has 1 radical (unpaired) electrons. The Balaban J connectivity index is 0.0000121. The maximum absolute atomic E-state index is 16.0. The summed E-state index contributed by atoms with van der Waals surface area (Å²) in [4.78, 5) is 117. The van der Waals surface area contributed by atoms with Gasteiger partial charge in [0.15, 0.2) is 29.9 Å². The van der Waals surface area contributed by atoms with Crippen molar-refractivity contribution in [3.05, 3.63) is 117 Å². The molecule has 0 aromatic heterocycles. The number of primary amides is 1. The summed E-state index contributed by atoms with van der Waals surface area (Å²) in [5, 5.41) is 131. The van der Waals surface area contributed by atoms with Crippen LogP contribution in [0.15, 0.2) is 78.9 Å². The number of aromatic hydroxyl groups is 3. The maximum atomic E-state index is 16.0. The van der Waals surface area contributed by atoms with Crippen LogP contribution in [0.5, 0.6) is 46.0 Å². The molecule has 0 saturated carbocycles. The minimum absolute atomic E-state index is 0. The third kappa shape index (κ3) is 16.4. The van der Waals surface area contributed by atoms with Crippen molar-refractivity contribution >= 4 is 70.5 Å². The van der Waals surface area contributed by atoms with E-state index in [1.165, 1.54) is 33.0 Å². The molecular weight excluding hydrogens is 1440 g/mol. The van der Waals surface area contributed by atoms with Gasteiger partial charge in [0.1, 0.15) is 89.5 Å². The van der Waals surface area contributed by atoms with E-state index in [1.54, 1.807) is 0 Å². The third-order valence-corrected chi connectivity index (χ3v) is 18.4. The molecule has 36 heteroatoms. The number of aliphatic carboxylic acids is 1. The summed E-state index contributed by atoms with van der Waals surface area (Å²) in [5.41, 5.74) is 8.00. The molecule has 21 N–H and O–H groups in total. The summed E-state index contributed by atoms with van der Waals surface area (Å²) < 4.78 is 38.3. The summed E-state index contributed by atoms with van der Waals surface area (Å²) >= 11 is 14.1. The van der Waals surface area contributed by atoms with Crippen LogP contribution in [-0.2, 0) is 69.6 Å². The molecule has 5 aromatic carbocycles. The average Bonchev–Trinajstić information content (AvgIpc) is 0.773. The van der Waals surface area contributed by atoms with Crippen molar-refractivity contribution in [2.24, 2.45) is 17.4 Å². The Kier molecular flexibility index (Phi) is 23.9. The number of benzene rings is 5. The normalized spacial score (nSPS) is 29.1. The van der Waals surface area contributed by atoms with Gasteiger partial charge in [-0.2, -0.15) is 0 Å². The average molecular weight is 1510 g/mol. The molecule has 2 fully saturated rings. The van der Waals surface area contributed by atoms with E-state index in [9.17, 15) is 75.0 Å². The second-order valence-electron chi connectivity index (χ2n) is 25.7. The molecule has 551 valence electrons. The number of carboxylic acid groups (broad SMARTS) is 1. The van der Waals surface area contributed by atoms with E-state index >= 15 is 14.4 Å². The molecule has 18 atom stereocenters. The Morgan fingerprint density at radius 3 is 1.89 bits per heavy atom. The van der Waals surface area contributed by atoms with Gasteiger partial charge in [-0.3, -0.25) is 33.6 Å². The number of likely N-dealkylation sites (N-methyl/N-ethyl adjacent to an activating group) is 1. The predicted octanol–water partition coefficient (Wildman–Crippen LogP) is 0.104. The summed E-state index contributed by atoms with van der Waals surface area (Å²) in [6.07, 6.45) is -18.6. The van der Waals surface area contributed by atoms with Crippen LogP contribution in [0.3, 0.4) is 0 Å². The number of carbonyl (C=O) groups excluding carboxylic acids is 7. The standard InChI is InChI=1S/C66H75Cl2N9O24.Cu/c1-23(2)12-34(71-5)58(88)76-49-51(83)26-7-10-38(32(67)14-26)97-40-16-28-17-41(55(40)101-65-56(54(86)53(85)42(22-78)99-65)100-44-21-66(4,70)57(87)24(3)96-44)98-39-11-8-27(15-33(39)68)52(84)50-63(93)75-48(64(94)95)31-18-29(79)19-37(81)45(31)30-13-25(6-9-36(30)80)46(60(90)77-50)74-61(91)47(28)73-59(89)35(20-43(69)82)72-62(49)92;/h6-11,13-19,23-24,34-35,42,44,46-54,56-57,65,71,78-81,83-87H,12,20-22,70H2,1-5H3,(H2,69,82)(H,72,92)(H,73,89)(H,74,91)(H,75,93)(H,76,88)(H,77,90)(H,94,95);/q;+2. The van der Waals surface area contributed by atoms with Gasteiger partial charge in [-0.25, -0.2) is 4.79 Å². The van der Waals surface area contributed by atoms with Gasteiger partial charge in [-0.1, -0.05) is 55.2 Å². The predicted molar refractivity (Wildman–Crippen MR) is 349 cm³/mol. The van der Waals surface area contributed by atoms with E-state index in [1.807, 2.05) is 13.8 Å². The second-order valence-corrected chi connectivity index (χ2v) is 26.5. The second kappa shape index (κ2) is 31.5. The number of nitrogens with two attached hydrogens (primary N) is 2. The monoisotopic (exact) mass is 1510 g/mol. The largest absolute Gasteiger partial charge is 2.00 e. The van der Waals surface area contributed by atoms with Crippen molar-refractivity contribution in [2.45, 2.75) is 156 Å². The Labute approximate surface area is 600 Å². The van der Waals surface area contributed by atoms with Crippen LogP contribution in [0, 0.1) is 5.92 Å². The van der Waals surface area contributed by atoms with Crippen molar-refractivity contribution in [1.29, 1.82) is 0 Å². The van der Waals surface area contributed by atoms with Crippen molar-refractivity contribution in [1.82, 2.24) is 37.2 Å². The fraction of sp³-hybridized carbons (Fsp3) is 0.424. The molecule has 7 aliphatic rings. The Morgan fingerprint density at radius 1 is 0.716 bits per heavy atom. The van der Waals surface area contributed by atoms with Crippen LogP contribution in [-0.4, -0.2) is 191 Å². The van der Waals surface area contributed by atoms with E-state index in [4.69, 9.17) is 63.1 Å². The number of hydrogen-bond acceptors (Lipinski definition) is 25. The number of fused-ring (bicyclic) bond motifs is 15. The van der Waals surface area contributed by atoms with E-state index in [0.717, 1.165) is 66.7 Å². The summed E-state index contributed by atoms with van der Waals surface area (Å²) in [5.74, 6) is -16.0. The van der Waals surface area contributed by atoms with Crippen LogP contribution in [0.25, 0.3) is 11.1 Å². The van der Waals surface area contributed by atoms with Crippen molar-refractivity contribution < 1.29 is 135 Å². The number of nitrogens with one attached hydrogen (secondary N) is 7. The van der Waals surface area contributed by atoms with Gasteiger partial charge in [0, 0.05) is 34.7 Å². The molecule has 11 bridgehead atoms. The molecule has 0 spiro atoms. The van der Waals surface area contributed by atoms with Crippen molar-refractivity contribution in [3.63, 3.8) is 0 Å². The number of aliphatic hydroxyl groups is 6. The number of carboxylic acids is 1. The van der Waals surface area contributed by atoms with Gasteiger partial charge in [0.2, 0.25) is 53.4 Å².